The maximum Gasteiger partial charge on any atom is 0.0601 e. The van der Waals surface area contributed by atoms with Gasteiger partial charge < -0.3 is 10.2 Å². The zero-order valence-corrected chi connectivity index (χ0v) is 7.38. The van der Waals surface area contributed by atoms with Crippen LogP contribution >= 0.6 is 0 Å². The zero-order chi connectivity index (χ0) is 8.85. The molecule has 0 aliphatic rings. The van der Waals surface area contributed by atoms with E-state index >= 15 is 0 Å². The van der Waals surface area contributed by atoms with Gasteiger partial charge in [-0.2, -0.15) is 0 Å². The fourth-order valence-electron chi connectivity index (χ4n) is 0.966. The van der Waals surface area contributed by atoms with Crippen molar-refractivity contribution >= 4 is 0 Å². The summed E-state index contributed by atoms with van der Waals surface area (Å²) in [6, 6.07) is 0. The van der Waals surface area contributed by atoms with Crippen molar-refractivity contribution in [2.45, 2.75) is 45.3 Å². The van der Waals surface area contributed by atoms with E-state index in [4.69, 9.17) is 5.11 Å². The van der Waals surface area contributed by atoms with Gasteiger partial charge in [0.25, 0.3) is 0 Å². The smallest absolute Gasteiger partial charge is 0.0601 e. The second kappa shape index (κ2) is 5.33. The number of hydrogen-bond donors (Lipinski definition) is 2. The highest BCUT2D eigenvalue weighted by Gasteiger charge is 2.09. The van der Waals surface area contributed by atoms with Gasteiger partial charge in [0, 0.05) is 0 Å². The third-order valence-corrected chi connectivity index (χ3v) is 1.60. The third kappa shape index (κ3) is 6.07. The third-order valence-electron chi connectivity index (χ3n) is 1.60. The Balaban J connectivity index is 3.51. The quantitative estimate of drug-likeness (QED) is 0.595. The molecule has 2 N–H and O–H groups in total. The summed E-state index contributed by atoms with van der Waals surface area (Å²) in [6.07, 6.45) is 0.958. The molecule has 0 aromatic heterocycles. The first-order chi connectivity index (χ1) is 5.06. The highest BCUT2D eigenvalue weighted by atomic mass is 16.3. The van der Waals surface area contributed by atoms with Crippen LogP contribution in [0.2, 0.25) is 0 Å². The van der Waals surface area contributed by atoms with Crippen LogP contribution in [0.3, 0.4) is 0 Å². The lowest BCUT2D eigenvalue weighted by Gasteiger charge is -2.13. The Bertz CT molecular complexity index is 121. The molecule has 0 saturated heterocycles. The molecule has 0 aromatic rings. The van der Waals surface area contributed by atoms with Gasteiger partial charge in [-0.05, 0) is 26.2 Å². The minimum Gasteiger partial charge on any atom is -0.393 e. The van der Waals surface area contributed by atoms with Gasteiger partial charge in [0.1, 0.15) is 0 Å². The van der Waals surface area contributed by atoms with E-state index in [9.17, 15) is 5.11 Å². The zero-order valence-electron chi connectivity index (χ0n) is 7.38. The molecule has 0 saturated carbocycles. The second-order valence-corrected chi connectivity index (χ2v) is 3.11. The fraction of sp³-hybridized carbons (Fsp3) is 0.778. The molecule has 0 bridgehead atoms. The van der Waals surface area contributed by atoms with Gasteiger partial charge in [-0.1, -0.05) is 12.5 Å². The van der Waals surface area contributed by atoms with Gasteiger partial charge in [0.2, 0.25) is 0 Å². The van der Waals surface area contributed by atoms with Gasteiger partial charge in [-0.3, -0.25) is 0 Å². The first kappa shape index (κ1) is 10.7. The van der Waals surface area contributed by atoms with Crippen LogP contribution in [0.5, 0.6) is 0 Å². The standard InChI is InChI=1S/C9H18O2/c1-4-8(10)6-9(11)5-7(2)3/h8-11H,2,4-6H2,1,3H3. The van der Waals surface area contributed by atoms with Crippen molar-refractivity contribution in [3.63, 3.8) is 0 Å². The Labute approximate surface area is 68.6 Å². The van der Waals surface area contributed by atoms with Gasteiger partial charge in [0.05, 0.1) is 12.2 Å². The van der Waals surface area contributed by atoms with Gasteiger partial charge in [-0.15, -0.1) is 6.58 Å². The summed E-state index contributed by atoms with van der Waals surface area (Å²) in [4.78, 5) is 0. The lowest BCUT2D eigenvalue weighted by atomic mass is 10.0. The van der Waals surface area contributed by atoms with Gasteiger partial charge in [0.15, 0.2) is 0 Å². The molecule has 2 unspecified atom stereocenters. The maximum absolute atomic E-state index is 9.30. The molecule has 2 atom stereocenters. The molecule has 0 heterocycles. The van der Waals surface area contributed by atoms with Crippen molar-refractivity contribution < 1.29 is 10.2 Å². The number of hydrogen-bond acceptors (Lipinski definition) is 2. The Kier molecular flexibility index (Phi) is 5.16. The molecule has 0 aliphatic heterocycles. The van der Waals surface area contributed by atoms with Crippen LogP contribution in [-0.2, 0) is 0 Å². The van der Waals surface area contributed by atoms with Crippen LogP contribution < -0.4 is 0 Å². The Morgan fingerprint density at radius 3 is 2.27 bits per heavy atom. The van der Waals surface area contributed by atoms with Crippen molar-refractivity contribution in [3.8, 4) is 0 Å². The number of rotatable bonds is 5. The summed E-state index contributed by atoms with van der Waals surface area (Å²) in [5.41, 5.74) is 0.959. The summed E-state index contributed by atoms with van der Waals surface area (Å²) in [5, 5.41) is 18.5. The summed E-state index contributed by atoms with van der Waals surface area (Å²) < 4.78 is 0. The first-order valence-corrected chi connectivity index (χ1v) is 4.06. The highest BCUT2D eigenvalue weighted by Crippen LogP contribution is 2.09. The van der Waals surface area contributed by atoms with Crippen molar-refractivity contribution in [1.82, 2.24) is 0 Å². The monoisotopic (exact) mass is 158 g/mol. The molecule has 2 heteroatoms. The van der Waals surface area contributed by atoms with E-state index < -0.39 is 6.10 Å². The lowest BCUT2D eigenvalue weighted by molar-refractivity contribution is 0.0788. The Morgan fingerprint density at radius 1 is 1.36 bits per heavy atom. The number of aliphatic hydroxyl groups is 2. The molecule has 0 fully saturated rings. The van der Waals surface area contributed by atoms with E-state index in [-0.39, 0.29) is 6.10 Å². The lowest BCUT2D eigenvalue weighted by Crippen LogP contribution is -2.16. The van der Waals surface area contributed by atoms with Crippen LogP contribution in [0.15, 0.2) is 12.2 Å². The predicted octanol–water partition coefficient (Wildman–Crippen LogP) is 1.47. The SMILES string of the molecule is C=C(C)CC(O)CC(O)CC. The first-order valence-electron chi connectivity index (χ1n) is 4.06. The van der Waals surface area contributed by atoms with E-state index in [2.05, 4.69) is 6.58 Å². The Morgan fingerprint density at radius 2 is 1.91 bits per heavy atom. The average molecular weight is 158 g/mol. The van der Waals surface area contributed by atoms with E-state index in [1.807, 2.05) is 13.8 Å². The Hall–Kier alpha value is -0.340. The minimum absolute atomic E-state index is 0.371. The van der Waals surface area contributed by atoms with Crippen LogP contribution in [-0.4, -0.2) is 22.4 Å². The van der Waals surface area contributed by atoms with Gasteiger partial charge in [-0.25, -0.2) is 0 Å². The van der Waals surface area contributed by atoms with Crippen LogP contribution in [0.4, 0.5) is 0 Å². The van der Waals surface area contributed by atoms with E-state index in [0.717, 1.165) is 5.57 Å². The average Bonchev–Trinajstić information content (AvgIpc) is 1.85. The summed E-state index contributed by atoms with van der Waals surface area (Å²) in [7, 11) is 0. The molecular formula is C9H18O2. The molecule has 2 nitrogen and oxygen atoms in total. The molecule has 0 radical (unpaired) electrons. The summed E-state index contributed by atoms with van der Waals surface area (Å²) in [5.74, 6) is 0. The molecule has 0 rings (SSSR count). The molecule has 0 aromatic carbocycles. The van der Waals surface area contributed by atoms with Crippen LogP contribution in [0.25, 0.3) is 0 Å². The number of aliphatic hydroxyl groups excluding tert-OH is 2. The predicted molar refractivity (Wildman–Crippen MR) is 46.4 cm³/mol. The van der Waals surface area contributed by atoms with Crippen LogP contribution in [0.1, 0.15) is 33.1 Å². The van der Waals surface area contributed by atoms with Crippen molar-refractivity contribution in [3.05, 3.63) is 12.2 Å². The molecule has 11 heavy (non-hydrogen) atoms. The molecule has 0 aliphatic carbocycles. The van der Waals surface area contributed by atoms with E-state index in [0.29, 0.717) is 19.3 Å². The summed E-state index contributed by atoms with van der Waals surface area (Å²) >= 11 is 0. The van der Waals surface area contributed by atoms with Crippen molar-refractivity contribution in [2.24, 2.45) is 0 Å². The highest BCUT2D eigenvalue weighted by molar-refractivity contribution is 4.90. The topological polar surface area (TPSA) is 40.5 Å². The second-order valence-electron chi connectivity index (χ2n) is 3.11. The maximum atomic E-state index is 9.30. The largest absolute Gasteiger partial charge is 0.393 e. The fourth-order valence-corrected chi connectivity index (χ4v) is 0.966. The van der Waals surface area contributed by atoms with Crippen molar-refractivity contribution in [1.29, 1.82) is 0 Å². The molecule has 0 spiro atoms. The minimum atomic E-state index is -0.428. The molecule has 66 valence electrons. The van der Waals surface area contributed by atoms with Gasteiger partial charge >= 0.3 is 0 Å². The summed E-state index contributed by atoms with van der Waals surface area (Å²) in [6.45, 7) is 7.46. The molecular weight excluding hydrogens is 140 g/mol. The van der Waals surface area contributed by atoms with E-state index in [1.54, 1.807) is 0 Å². The van der Waals surface area contributed by atoms with Crippen molar-refractivity contribution in [2.75, 3.05) is 0 Å². The molecule has 0 amide bonds. The van der Waals surface area contributed by atoms with E-state index in [1.165, 1.54) is 0 Å². The normalized spacial score (nSPS) is 16.0. The van der Waals surface area contributed by atoms with Crippen LogP contribution in [0, 0.1) is 0 Å².